The number of hydrogen-bond acceptors (Lipinski definition) is 11. The van der Waals surface area contributed by atoms with Crippen LogP contribution in [0.25, 0.3) is 10.1 Å². The summed E-state index contributed by atoms with van der Waals surface area (Å²) in [6.07, 6.45) is 0.443. The lowest BCUT2D eigenvalue weighted by atomic mass is 10.0. The van der Waals surface area contributed by atoms with Gasteiger partial charge in [0, 0.05) is 108 Å². The molecule has 0 spiro atoms. The van der Waals surface area contributed by atoms with E-state index < -0.39 is 23.9 Å². The molecule has 0 radical (unpaired) electrons. The molecule has 5 N–H and O–H groups in total. The Labute approximate surface area is 395 Å². The van der Waals surface area contributed by atoms with E-state index in [1.165, 1.54) is 10.6 Å². The lowest BCUT2D eigenvalue weighted by Gasteiger charge is -2.34. The van der Waals surface area contributed by atoms with Gasteiger partial charge in [0.2, 0.25) is 11.8 Å². The van der Waals surface area contributed by atoms with E-state index in [4.69, 9.17) is 21.1 Å². The maximum atomic E-state index is 13.3. The van der Waals surface area contributed by atoms with Crippen molar-refractivity contribution in [3.05, 3.63) is 142 Å². The molecule has 2 saturated heterocycles. The Hall–Kier alpha value is -7.40. The monoisotopic (exact) mass is 938 g/mol. The number of ether oxygens (including phenoxy) is 2. The summed E-state index contributed by atoms with van der Waals surface area (Å²) in [5, 5.41) is 17.6. The molecule has 6 aromatic rings. The van der Waals surface area contributed by atoms with Crippen LogP contribution in [0.1, 0.15) is 34.3 Å². The van der Waals surface area contributed by atoms with Gasteiger partial charge in [-0.2, -0.15) is 0 Å². The molecule has 3 aliphatic rings. The number of nitrogens with zero attached hydrogens (tertiary/aromatic N) is 3. The molecular weight excluding hydrogens is 892 g/mol. The van der Waals surface area contributed by atoms with Gasteiger partial charge < -0.3 is 45.4 Å². The lowest BCUT2D eigenvalue weighted by molar-refractivity contribution is -0.137. The minimum atomic E-state index is -0.713. The van der Waals surface area contributed by atoms with Gasteiger partial charge in [-0.05, 0) is 102 Å². The van der Waals surface area contributed by atoms with Crippen molar-refractivity contribution in [1.29, 1.82) is 0 Å². The Balaban J connectivity index is 0.760. The summed E-state index contributed by atoms with van der Waals surface area (Å²) in [7, 11) is 2.15. The van der Waals surface area contributed by atoms with Crippen molar-refractivity contribution >= 4 is 91.1 Å². The van der Waals surface area contributed by atoms with Crippen molar-refractivity contribution in [2.75, 3.05) is 60.7 Å². The number of piperidine rings is 1. The first-order valence-corrected chi connectivity index (χ1v) is 23.0. The summed E-state index contributed by atoms with van der Waals surface area (Å²) in [5.41, 5.74) is 6.02. The fourth-order valence-electron chi connectivity index (χ4n) is 8.22. The first kappa shape index (κ1) is 44.8. The fourth-order valence-corrected chi connectivity index (χ4v) is 9.27. The van der Waals surface area contributed by atoms with Crippen LogP contribution >= 0.6 is 22.9 Å². The number of anilines is 5. The topological polar surface area (TPSA) is 174 Å². The van der Waals surface area contributed by atoms with E-state index in [2.05, 4.69) is 86.4 Å². The van der Waals surface area contributed by atoms with E-state index >= 15 is 0 Å². The molecule has 17 heteroatoms. The number of carbonyl (C=O) groups is 5. The molecule has 6 amide bonds. The lowest BCUT2D eigenvalue weighted by Crippen LogP contribution is -2.52. The summed E-state index contributed by atoms with van der Waals surface area (Å²) >= 11 is 7.96. The molecule has 3 aliphatic heterocycles. The number of amides is 6. The number of rotatable bonds is 14. The van der Waals surface area contributed by atoms with Gasteiger partial charge in [0.25, 0.3) is 11.8 Å². The predicted molar refractivity (Wildman–Crippen MR) is 261 cm³/mol. The molecule has 5 aromatic carbocycles. The number of piperazine rings is 1. The van der Waals surface area contributed by atoms with Crippen molar-refractivity contribution in [3.8, 4) is 17.2 Å². The van der Waals surface area contributed by atoms with Crippen molar-refractivity contribution in [1.82, 2.24) is 20.4 Å². The average Bonchev–Trinajstić information content (AvgIpc) is 3.92. The van der Waals surface area contributed by atoms with Crippen LogP contribution < -0.4 is 41.0 Å². The summed E-state index contributed by atoms with van der Waals surface area (Å²) in [6.45, 7) is 8.25. The Morgan fingerprint density at radius 3 is 2.46 bits per heavy atom. The number of nitrogens with one attached hydrogen (secondary N) is 5. The second kappa shape index (κ2) is 19.6. The van der Waals surface area contributed by atoms with Gasteiger partial charge in [0.15, 0.2) is 0 Å². The molecule has 67 heavy (non-hydrogen) atoms. The quantitative estimate of drug-likeness (QED) is 0.0527. The van der Waals surface area contributed by atoms with Gasteiger partial charge in [-0.1, -0.05) is 36.4 Å². The largest absolute Gasteiger partial charge is 0.489 e. The van der Waals surface area contributed by atoms with E-state index in [1.807, 2.05) is 23.6 Å². The summed E-state index contributed by atoms with van der Waals surface area (Å²) in [4.78, 5) is 69.5. The maximum absolute atomic E-state index is 13.3. The summed E-state index contributed by atoms with van der Waals surface area (Å²) in [5.74, 6) is -0.0366. The third-order valence-corrected chi connectivity index (χ3v) is 12.9. The van der Waals surface area contributed by atoms with Crippen LogP contribution in [0.3, 0.4) is 0 Å². The van der Waals surface area contributed by atoms with E-state index in [9.17, 15) is 24.0 Å². The van der Waals surface area contributed by atoms with E-state index in [1.54, 1.807) is 59.9 Å². The minimum Gasteiger partial charge on any atom is -0.489 e. The minimum absolute atomic E-state index is 0.144. The Morgan fingerprint density at radius 1 is 0.851 bits per heavy atom. The van der Waals surface area contributed by atoms with Crippen LogP contribution in [0.15, 0.2) is 121 Å². The highest BCUT2D eigenvalue weighted by Crippen LogP contribution is 2.38. The van der Waals surface area contributed by atoms with Gasteiger partial charge >= 0.3 is 6.03 Å². The smallest absolute Gasteiger partial charge is 0.319 e. The zero-order valence-corrected chi connectivity index (χ0v) is 38.1. The van der Waals surface area contributed by atoms with Crippen LogP contribution in [0.2, 0.25) is 5.02 Å². The van der Waals surface area contributed by atoms with Gasteiger partial charge in [-0.25, -0.2) is 4.79 Å². The van der Waals surface area contributed by atoms with Gasteiger partial charge in [-0.15, -0.1) is 11.3 Å². The molecular formula is C50H47ClN8O7S. The molecule has 0 saturated carbocycles. The highest BCUT2D eigenvalue weighted by atomic mass is 35.5. The fraction of sp³-hybridized carbons (Fsp3) is 0.220. The van der Waals surface area contributed by atoms with E-state index in [0.717, 1.165) is 58.8 Å². The molecule has 1 unspecified atom stereocenters. The number of hydrogen-bond donors (Lipinski definition) is 5. The molecule has 1 aromatic heterocycles. The van der Waals surface area contributed by atoms with Gasteiger partial charge in [0.1, 0.15) is 29.9 Å². The van der Waals surface area contributed by atoms with Crippen LogP contribution in [-0.4, -0.2) is 85.3 Å². The number of carbonyl (C=O) groups excluding carboxylic acids is 5. The molecule has 0 aliphatic carbocycles. The highest BCUT2D eigenvalue weighted by Gasteiger charge is 2.39. The second-order valence-corrected chi connectivity index (χ2v) is 18.0. The third kappa shape index (κ3) is 10.7. The second-order valence-electron chi connectivity index (χ2n) is 16.6. The summed E-state index contributed by atoms with van der Waals surface area (Å²) in [6, 6.07) is 30.4. The van der Waals surface area contributed by atoms with E-state index in [-0.39, 0.29) is 49.9 Å². The van der Waals surface area contributed by atoms with Crippen molar-refractivity contribution < 1.29 is 33.4 Å². The van der Waals surface area contributed by atoms with Gasteiger partial charge in [-0.3, -0.25) is 24.5 Å². The third-order valence-electron chi connectivity index (χ3n) is 11.8. The molecule has 9 rings (SSSR count). The van der Waals surface area contributed by atoms with Crippen LogP contribution in [0.4, 0.5) is 33.2 Å². The molecule has 2 fully saturated rings. The van der Waals surface area contributed by atoms with E-state index in [0.29, 0.717) is 39.2 Å². The molecule has 4 heterocycles. The Morgan fingerprint density at radius 2 is 1.66 bits per heavy atom. The zero-order valence-electron chi connectivity index (χ0n) is 36.5. The van der Waals surface area contributed by atoms with Crippen LogP contribution in [0.5, 0.6) is 17.2 Å². The Kier molecular flexibility index (Phi) is 13.1. The van der Waals surface area contributed by atoms with Crippen LogP contribution in [-0.2, 0) is 27.5 Å². The number of fused-ring (bicyclic) bond motifs is 2. The van der Waals surface area contributed by atoms with Crippen molar-refractivity contribution in [2.24, 2.45) is 0 Å². The number of urea groups is 1. The number of benzene rings is 5. The van der Waals surface area contributed by atoms with Crippen molar-refractivity contribution in [3.63, 3.8) is 0 Å². The SMILES string of the molecule is C=C(COc1cc(Cl)cc(NC(=O)NCc2ccc3c(c2)CN(C2CCC(=O)NC2=O)C3=O)c1)C(=O)Nc1cccc(Oc2cc(Nc3ccc(N4CCN(C)CC4)cc3)cc3ccsc23)c1. The Bertz CT molecular complexity index is 2920. The number of halogens is 1. The van der Waals surface area contributed by atoms with Crippen molar-refractivity contribution in [2.45, 2.75) is 32.0 Å². The number of imide groups is 1. The molecule has 1 atom stereocenters. The first-order valence-electron chi connectivity index (χ1n) is 21.7. The highest BCUT2D eigenvalue weighted by molar-refractivity contribution is 7.17. The standard InChI is InChI=1S/C50H47ClN8O7S/c1-30(29-65-41-23-34(51)22-38(25-41)55-50(64)52-27-31-6-11-42-33(20-31)28-59(49(42)63)43-12-13-45(60)56-48(43)62)47(61)54-36-4-3-5-40(24-36)66-44-26-37(21-32-14-19-67-46(32)44)53-35-7-9-39(10-8-35)58-17-15-57(2)16-18-58/h3-11,14,19-26,43,53H,1,12-13,15-18,27-29H2,2H3,(H,54,61)(H2,52,55,64)(H,56,60,62). The number of thiophene rings is 1. The summed E-state index contributed by atoms with van der Waals surface area (Å²) < 4.78 is 13.3. The molecule has 342 valence electrons. The van der Waals surface area contributed by atoms with Crippen LogP contribution in [0, 0.1) is 0 Å². The number of likely N-dealkylation sites (N-methyl/N-ethyl adjacent to an activating group) is 1. The zero-order chi connectivity index (χ0) is 46.6. The average molecular weight is 939 g/mol. The molecule has 15 nitrogen and oxygen atoms in total. The predicted octanol–water partition coefficient (Wildman–Crippen LogP) is 8.50. The maximum Gasteiger partial charge on any atom is 0.319 e. The van der Waals surface area contributed by atoms with Gasteiger partial charge in [0.05, 0.1) is 4.70 Å². The molecule has 0 bridgehead atoms. The first-order chi connectivity index (χ1) is 32.4. The normalized spacial score (nSPS) is 16.0.